The predicted molar refractivity (Wildman–Crippen MR) is 56.1 cm³/mol. The van der Waals surface area contributed by atoms with Gasteiger partial charge in [-0.3, -0.25) is 5.01 Å². The summed E-state index contributed by atoms with van der Waals surface area (Å²) in [7, 11) is 0. The summed E-state index contributed by atoms with van der Waals surface area (Å²) in [5.74, 6) is 0. The molecule has 2 rings (SSSR count). The van der Waals surface area contributed by atoms with E-state index in [1.807, 2.05) is 24.4 Å². The minimum Gasteiger partial charge on any atom is -0.263 e. The Labute approximate surface area is 78.9 Å². The Morgan fingerprint density at radius 3 is 2.77 bits per heavy atom. The van der Waals surface area contributed by atoms with Crippen molar-refractivity contribution in [2.45, 2.75) is 25.8 Å². The minimum atomic E-state index is 0.521. The minimum absolute atomic E-state index is 0.521. The third kappa shape index (κ3) is 1.72. The average molecular weight is 174 g/mol. The summed E-state index contributed by atoms with van der Waals surface area (Å²) >= 11 is 0. The fraction of sp³-hybridized carbons (Fsp3) is 0.364. The lowest BCUT2D eigenvalue weighted by atomic mass is 10.1. The molecule has 0 bridgehead atoms. The van der Waals surface area contributed by atoms with E-state index in [2.05, 4.69) is 29.2 Å². The van der Waals surface area contributed by atoms with Crippen molar-refractivity contribution in [2.24, 2.45) is 5.10 Å². The van der Waals surface area contributed by atoms with Crippen molar-refractivity contribution in [3.05, 3.63) is 30.3 Å². The van der Waals surface area contributed by atoms with Gasteiger partial charge in [0.1, 0.15) is 0 Å². The van der Waals surface area contributed by atoms with Gasteiger partial charge in [-0.25, -0.2) is 0 Å². The van der Waals surface area contributed by atoms with Gasteiger partial charge < -0.3 is 0 Å². The summed E-state index contributed by atoms with van der Waals surface area (Å²) in [4.78, 5) is 0. The summed E-state index contributed by atoms with van der Waals surface area (Å²) in [5, 5.41) is 6.48. The van der Waals surface area contributed by atoms with E-state index in [1.54, 1.807) is 0 Å². The molecular weight excluding hydrogens is 160 g/mol. The standard InChI is InChI=1S/C11H14N2/c1-10-6-5-9-12-13(10)11-7-3-2-4-8-11/h2-4,7-10H,5-6H2,1H3. The molecule has 13 heavy (non-hydrogen) atoms. The molecule has 0 amide bonds. The molecule has 1 aromatic rings. The van der Waals surface area contributed by atoms with E-state index in [-0.39, 0.29) is 0 Å². The molecule has 0 spiro atoms. The van der Waals surface area contributed by atoms with Crippen molar-refractivity contribution in [2.75, 3.05) is 5.01 Å². The molecular formula is C11H14N2. The Kier molecular flexibility index (Phi) is 2.30. The monoisotopic (exact) mass is 174 g/mol. The first-order valence-electron chi connectivity index (χ1n) is 4.74. The molecule has 0 N–H and O–H groups in total. The van der Waals surface area contributed by atoms with E-state index in [9.17, 15) is 0 Å². The average Bonchev–Trinajstić information content (AvgIpc) is 2.20. The zero-order valence-electron chi connectivity index (χ0n) is 7.85. The van der Waals surface area contributed by atoms with Crippen molar-refractivity contribution in [1.29, 1.82) is 0 Å². The number of hydrogen-bond acceptors (Lipinski definition) is 2. The van der Waals surface area contributed by atoms with Gasteiger partial charge in [-0.1, -0.05) is 18.2 Å². The lowest BCUT2D eigenvalue weighted by Gasteiger charge is -2.28. The number of hydrazone groups is 1. The van der Waals surface area contributed by atoms with Crippen LogP contribution < -0.4 is 5.01 Å². The molecule has 0 radical (unpaired) electrons. The van der Waals surface area contributed by atoms with Gasteiger partial charge in [0.2, 0.25) is 0 Å². The summed E-state index contributed by atoms with van der Waals surface area (Å²) < 4.78 is 0. The highest BCUT2D eigenvalue weighted by Crippen LogP contribution is 2.21. The molecule has 1 aromatic carbocycles. The Balaban J connectivity index is 2.25. The maximum atomic E-state index is 4.39. The number of hydrogen-bond donors (Lipinski definition) is 0. The predicted octanol–water partition coefficient (Wildman–Crippen LogP) is 2.66. The quantitative estimate of drug-likeness (QED) is 0.639. The van der Waals surface area contributed by atoms with Crippen molar-refractivity contribution in [1.82, 2.24) is 0 Å². The van der Waals surface area contributed by atoms with Crippen molar-refractivity contribution < 1.29 is 0 Å². The highest BCUT2D eigenvalue weighted by Gasteiger charge is 2.15. The summed E-state index contributed by atoms with van der Waals surface area (Å²) in [6, 6.07) is 10.8. The van der Waals surface area contributed by atoms with Crippen LogP contribution in [0.25, 0.3) is 0 Å². The van der Waals surface area contributed by atoms with Gasteiger partial charge in [0.05, 0.1) is 11.7 Å². The Morgan fingerprint density at radius 1 is 1.31 bits per heavy atom. The van der Waals surface area contributed by atoms with Crippen molar-refractivity contribution in [3.8, 4) is 0 Å². The summed E-state index contributed by atoms with van der Waals surface area (Å²) in [6.07, 6.45) is 4.29. The van der Waals surface area contributed by atoms with Crippen LogP contribution in [-0.4, -0.2) is 12.3 Å². The van der Waals surface area contributed by atoms with Crippen LogP contribution in [0.4, 0.5) is 5.69 Å². The lowest BCUT2D eigenvalue weighted by Crippen LogP contribution is -2.30. The van der Waals surface area contributed by atoms with Crippen LogP contribution in [0.3, 0.4) is 0 Å². The third-order valence-corrected chi connectivity index (χ3v) is 2.36. The first kappa shape index (κ1) is 8.30. The van der Waals surface area contributed by atoms with Crippen LogP contribution in [-0.2, 0) is 0 Å². The van der Waals surface area contributed by atoms with E-state index in [0.29, 0.717) is 6.04 Å². The smallest absolute Gasteiger partial charge is 0.0596 e. The second-order valence-electron chi connectivity index (χ2n) is 3.40. The van der Waals surface area contributed by atoms with Gasteiger partial charge in [-0.15, -0.1) is 0 Å². The topological polar surface area (TPSA) is 15.6 Å². The molecule has 0 saturated carbocycles. The van der Waals surface area contributed by atoms with Crippen LogP contribution in [0.5, 0.6) is 0 Å². The first-order chi connectivity index (χ1) is 6.38. The third-order valence-electron chi connectivity index (χ3n) is 2.36. The highest BCUT2D eigenvalue weighted by atomic mass is 15.5. The van der Waals surface area contributed by atoms with Gasteiger partial charge in [-0.05, 0) is 31.9 Å². The highest BCUT2D eigenvalue weighted by molar-refractivity contribution is 5.62. The summed E-state index contributed by atoms with van der Waals surface area (Å²) in [5.41, 5.74) is 1.19. The molecule has 0 saturated heterocycles. The summed E-state index contributed by atoms with van der Waals surface area (Å²) in [6.45, 7) is 2.21. The van der Waals surface area contributed by atoms with Crippen molar-refractivity contribution >= 4 is 11.9 Å². The fourth-order valence-electron chi connectivity index (χ4n) is 1.60. The Hall–Kier alpha value is -1.31. The van der Waals surface area contributed by atoms with Crippen LogP contribution in [0.15, 0.2) is 35.4 Å². The van der Waals surface area contributed by atoms with E-state index in [1.165, 1.54) is 12.1 Å². The van der Waals surface area contributed by atoms with Gasteiger partial charge >= 0.3 is 0 Å². The maximum Gasteiger partial charge on any atom is 0.0596 e. The maximum absolute atomic E-state index is 4.39. The number of rotatable bonds is 1. The molecule has 68 valence electrons. The fourth-order valence-corrected chi connectivity index (χ4v) is 1.60. The molecule has 0 aromatic heterocycles. The molecule has 1 atom stereocenters. The van der Waals surface area contributed by atoms with Crippen LogP contribution in [0, 0.1) is 0 Å². The zero-order valence-corrected chi connectivity index (χ0v) is 7.85. The Bertz CT molecular complexity index is 292. The molecule has 0 aliphatic carbocycles. The molecule has 1 heterocycles. The van der Waals surface area contributed by atoms with E-state index in [0.717, 1.165) is 6.42 Å². The van der Waals surface area contributed by atoms with Gasteiger partial charge in [-0.2, -0.15) is 5.10 Å². The Morgan fingerprint density at radius 2 is 2.08 bits per heavy atom. The zero-order chi connectivity index (χ0) is 9.10. The number of nitrogens with zero attached hydrogens (tertiary/aromatic N) is 2. The SMILES string of the molecule is CC1CCC=NN1c1ccccc1. The molecule has 2 nitrogen and oxygen atoms in total. The molecule has 2 heteroatoms. The molecule has 1 aliphatic rings. The largest absolute Gasteiger partial charge is 0.263 e. The number of benzene rings is 1. The number of anilines is 1. The van der Waals surface area contributed by atoms with Gasteiger partial charge in [0.25, 0.3) is 0 Å². The molecule has 1 unspecified atom stereocenters. The number of para-hydroxylation sites is 1. The van der Waals surface area contributed by atoms with E-state index in [4.69, 9.17) is 0 Å². The van der Waals surface area contributed by atoms with E-state index >= 15 is 0 Å². The van der Waals surface area contributed by atoms with Gasteiger partial charge in [0, 0.05) is 6.21 Å². The van der Waals surface area contributed by atoms with E-state index < -0.39 is 0 Å². The van der Waals surface area contributed by atoms with Crippen LogP contribution in [0.1, 0.15) is 19.8 Å². The lowest BCUT2D eigenvalue weighted by molar-refractivity contribution is 0.598. The van der Waals surface area contributed by atoms with Crippen LogP contribution in [0.2, 0.25) is 0 Å². The van der Waals surface area contributed by atoms with Crippen LogP contribution >= 0.6 is 0 Å². The second kappa shape index (κ2) is 3.60. The van der Waals surface area contributed by atoms with Gasteiger partial charge in [0.15, 0.2) is 0 Å². The first-order valence-corrected chi connectivity index (χ1v) is 4.74. The second-order valence-corrected chi connectivity index (χ2v) is 3.40. The van der Waals surface area contributed by atoms with Crippen molar-refractivity contribution in [3.63, 3.8) is 0 Å². The molecule has 0 fully saturated rings. The molecule has 1 aliphatic heterocycles. The normalized spacial score (nSPS) is 21.9.